The van der Waals surface area contributed by atoms with Crippen molar-refractivity contribution >= 4 is 22.5 Å². The second-order valence-electron chi connectivity index (χ2n) is 5.35. The molecule has 0 radical (unpaired) electrons. The van der Waals surface area contributed by atoms with Gasteiger partial charge in [0, 0.05) is 11.1 Å². The molecule has 1 heterocycles. The highest BCUT2D eigenvalue weighted by atomic mass is 35.5. The number of aliphatic hydroxyl groups excluding tert-OH is 1. The molecule has 2 N–H and O–H groups in total. The minimum atomic E-state index is -0.131. The first-order valence-corrected chi connectivity index (χ1v) is 6.98. The Morgan fingerprint density at radius 1 is 1.39 bits per heavy atom. The lowest BCUT2D eigenvalue weighted by Gasteiger charge is -2.14. The van der Waals surface area contributed by atoms with Gasteiger partial charge in [0.15, 0.2) is 0 Å². The molecule has 2 atom stereocenters. The maximum Gasteiger partial charge on any atom is 0.0648 e. The molecule has 2 unspecified atom stereocenters. The number of hydrogen-bond donors (Lipinski definition) is 2. The smallest absolute Gasteiger partial charge is 0.0648 e. The van der Waals surface area contributed by atoms with Gasteiger partial charge in [-0.25, -0.2) is 0 Å². The normalized spacial score (nSPS) is 23.9. The average Bonchev–Trinajstić information content (AvgIpc) is 2.87. The zero-order chi connectivity index (χ0) is 12.7. The van der Waals surface area contributed by atoms with E-state index in [4.69, 9.17) is 11.6 Å². The van der Waals surface area contributed by atoms with E-state index in [9.17, 15) is 5.11 Å². The van der Waals surface area contributed by atoms with Crippen molar-refractivity contribution in [2.75, 3.05) is 0 Å². The van der Waals surface area contributed by atoms with E-state index in [1.807, 2.05) is 12.1 Å². The van der Waals surface area contributed by atoms with Crippen molar-refractivity contribution in [1.29, 1.82) is 0 Å². The topological polar surface area (TPSA) is 36.0 Å². The summed E-state index contributed by atoms with van der Waals surface area (Å²) in [6.45, 7) is 2.09. The van der Waals surface area contributed by atoms with Crippen LogP contribution < -0.4 is 0 Å². The lowest BCUT2D eigenvalue weighted by molar-refractivity contribution is 0.133. The predicted molar refractivity (Wildman–Crippen MR) is 75.1 cm³/mol. The Kier molecular flexibility index (Phi) is 3.08. The number of H-pyrrole nitrogens is 1. The van der Waals surface area contributed by atoms with Crippen LogP contribution in [0.2, 0.25) is 5.02 Å². The summed E-state index contributed by atoms with van der Waals surface area (Å²) in [6, 6.07) is 6.02. The summed E-state index contributed by atoms with van der Waals surface area (Å²) in [5, 5.41) is 11.9. The van der Waals surface area contributed by atoms with E-state index in [-0.39, 0.29) is 6.10 Å². The average molecular weight is 264 g/mol. The number of nitrogens with one attached hydrogen (secondary N) is 1. The number of benzene rings is 1. The van der Waals surface area contributed by atoms with Crippen LogP contribution >= 0.6 is 11.6 Å². The molecule has 2 nitrogen and oxygen atoms in total. The fourth-order valence-corrected chi connectivity index (χ4v) is 3.37. The molecular formula is C15H18ClNO. The molecule has 96 valence electrons. The third kappa shape index (κ3) is 1.94. The SMILES string of the molecule is Cc1[nH]c2c(Cl)cccc2c1CC1CCCC1O. The van der Waals surface area contributed by atoms with E-state index in [1.54, 1.807) is 0 Å². The molecule has 1 fully saturated rings. The maximum atomic E-state index is 9.97. The quantitative estimate of drug-likeness (QED) is 0.849. The minimum absolute atomic E-state index is 0.131. The van der Waals surface area contributed by atoms with E-state index in [1.165, 1.54) is 16.6 Å². The van der Waals surface area contributed by atoms with Gasteiger partial charge in [-0.05, 0) is 43.7 Å². The third-order valence-corrected chi connectivity index (χ3v) is 4.50. The van der Waals surface area contributed by atoms with E-state index >= 15 is 0 Å². The lowest BCUT2D eigenvalue weighted by atomic mass is 9.94. The molecule has 0 amide bonds. The van der Waals surface area contributed by atoms with Gasteiger partial charge >= 0.3 is 0 Å². The van der Waals surface area contributed by atoms with Crippen LogP contribution in [0.25, 0.3) is 10.9 Å². The van der Waals surface area contributed by atoms with Crippen LogP contribution in [0.4, 0.5) is 0 Å². The maximum absolute atomic E-state index is 9.97. The number of halogens is 1. The molecule has 1 aromatic heterocycles. The van der Waals surface area contributed by atoms with Gasteiger partial charge in [-0.15, -0.1) is 0 Å². The molecule has 0 bridgehead atoms. The Bertz CT molecular complexity index is 575. The summed E-state index contributed by atoms with van der Waals surface area (Å²) in [4.78, 5) is 3.37. The molecular weight excluding hydrogens is 246 g/mol. The van der Waals surface area contributed by atoms with Gasteiger partial charge in [-0.1, -0.05) is 30.2 Å². The van der Waals surface area contributed by atoms with Crippen LogP contribution in [-0.4, -0.2) is 16.2 Å². The minimum Gasteiger partial charge on any atom is -0.393 e. The number of aromatic amines is 1. The van der Waals surface area contributed by atoms with Crippen LogP contribution in [0.15, 0.2) is 18.2 Å². The van der Waals surface area contributed by atoms with Gasteiger partial charge in [-0.2, -0.15) is 0 Å². The van der Waals surface area contributed by atoms with Gasteiger partial charge in [0.05, 0.1) is 16.6 Å². The fraction of sp³-hybridized carbons (Fsp3) is 0.467. The van der Waals surface area contributed by atoms with Crippen LogP contribution in [0, 0.1) is 12.8 Å². The van der Waals surface area contributed by atoms with Crippen molar-refractivity contribution in [2.24, 2.45) is 5.92 Å². The summed E-state index contributed by atoms with van der Waals surface area (Å²) < 4.78 is 0. The molecule has 0 aliphatic heterocycles. The van der Waals surface area contributed by atoms with Crippen molar-refractivity contribution < 1.29 is 5.11 Å². The first kappa shape index (κ1) is 12.1. The molecule has 0 saturated heterocycles. The number of aromatic nitrogens is 1. The number of para-hydroxylation sites is 1. The summed E-state index contributed by atoms with van der Waals surface area (Å²) in [5.74, 6) is 0.404. The molecule has 18 heavy (non-hydrogen) atoms. The number of rotatable bonds is 2. The molecule has 0 spiro atoms. The Morgan fingerprint density at radius 2 is 2.22 bits per heavy atom. The largest absolute Gasteiger partial charge is 0.393 e. The second-order valence-corrected chi connectivity index (χ2v) is 5.76. The molecule has 1 aliphatic carbocycles. The molecule has 3 heteroatoms. The monoisotopic (exact) mass is 263 g/mol. The van der Waals surface area contributed by atoms with Crippen molar-refractivity contribution in [3.8, 4) is 0 Å². The van der Waals surface area contributed by atoms with Gasteiger partial charge in [-0.3, -0.25) is 0 Å². The molecule has 1 aromatic carbocycles. The summed E-state index contributed by atoms with van der Waals surface area (Å²) in [7, 11) is 0. The van der Waals surface area contributed by atoms with Crippen LogP contribution in [-0.2, 0) is 6.42 Å². The molecule has 3 rings (SSSR count). The number of aliphatic hydroxyl groups is 1. The molecule has 1 aliphatic rings. The van der Waals surface area contributed by atoms with E-state index in [0.29, 0.717) is 5.92 Å². The number of fused-ring (bicyclic) bond motifs is 1. The summed E-state index contributed by atoms with van der Waals surface area (Å²) in [5.41, 5.74) is 3.52. The van der Waals surface area contributed by atoms with Crippen molar-refractivity contribution in [3.63, 3.8) is 0 Å². The van der Waals surface area contributed by atoms with E-state index in [0.717, 1.165) is 36.2 Å². The Labute approximate surface area is 112 Å². The first-order chi connectivity index (χ1) is 8.66. The van der Waals surface area contributed by atoms with Gasteiger partial charge in [0.2, 0.25) is 0 Å². The Hall–Kier alpha value is -0.990. The summed E-state index contributed by atoms with van der Waals surface area (Å²) >= 11 is 6.21. The highest BCUT2D eigenvalue weighted by molar-refractivity contribution is 6.35. The predicted octanol–water partition coefficient (Wildman–Crippen LogP) is 3.83. The second kappa shape index (κ2) is 4.60. The molecule has 2 aromatic rings. The Balaban J connectivity index is 2.01. The first-order valence-electron chi connectivity index (χ1n) is 6.60. The van der Waals surface area contributed by atoms with Crippen molar-refractivity contribution in [3.05, 3.63) is 34.5 Å². The van der Waals surface area contributed by atoms with Gasteiger partial charge in [0.25, 0.3) is 0 Å². The van der Waals surface area contributed by atoms with Crippen LogP contribution in [0.5, 0.6) is 0 Å². The van der Waals surface area contributed by atoms with E-state index in [2.05, 4.69) is 18.0 Å². The molecule has 1 saturated carbocycles. The lowest BCUT2D eigenvalue weighted by Crippen LogP contribution is -2.15. The third-order valence-electron chi connectivity index (χ3n) is 4.19. The number of hydrogen-bond acceptors (Lipinski definition) is 1. The Morgan fingerprint density at radius 3 is 2.94 bits per heavy atom. The zero-order valence-electron chi connectivity index (χ0n) is 10.5. The van der Waals surface area contributed by atoms with Crippen LogP contribution in [0.3, 0.4) is 0 Å². The zero-order valence-corrected chi connectivity index (χ0v) is 11.3. The van der Waals surface area contributed by atoms with Crippen molar-refractivity contribution in [1.82, 2.24) is 4.98 Å². The highest BCUT2D eigenvalue weighted by Crippen LogP contribution is 2.34. The van der Waals surface area contributed by atoms with Gasteiger partial charge in [0.1, 0.15) is 0 Å². The van der Waals surface area contributed by atoms with Crippen molar-refractivity contribution in [2.45, 2.75) is 38.7 Å². The fourth-order valence-electron chi connectivity index (χ4n) is 3.15. The van der Waals surface area contributed by atoms with Gasteiger partial charge < -0.3 is 10.1 Å². The standard InChI is InChI=1S/C15H18ClNO/c1-9-12(8-10-4-2-7-14(10)18)11-5-3-6-13(16)15(11)17-9/h3,5-6,10,14,17-18H,2,4,7-8H2,1H3. The van der Waals surface area contributed by atoms with E-state index < -0.39 is 0 Å². The van der Waals surface area contributed by atoms with Crippen LogP contribution in [0.1, 0.15) is 30.5 Å². The summed E-state index contributed by atoms with van der Waals surface area (Å²) in [6.07, 6.45) is 4.05. The number of aryl methyl sites for hydroxylation is 1. The highest BCUT2D eigenvalue weighted by Gasteiger charge is 2.26.